The van der Waals surface area contributed by atoms with Crippen molar-refractivity contribution in [3.63, 3.8) is 0 Å². The molecule has 2 atom stereocenters. The SMILES string of the molecule is CC(CC(CN)C(=O)O)c1c(F)cc(F)cc1F. The second-order valence-corrected chi connectivity index (χ2v) is 4.19. The van der Waals surface area contributed by atoms with Crippen molar-refractivity contribution < 1.29 is 23.1 Å². The summed E-state index contributed by atoms with van der Waals surface area (Å²) in [6.07, 6.45) is -0.00863. The fraction of sp³-hybridized carbons (Fsp3) is 0.417. The lowest BCUT2D eigenvalue weighted by Crippen LogP contribution is -2.25. The van der Waals surface area contributed by atoms with E-state index >= 15 is 0 Å². The Kier molecular flexibility index (Phi) is 4.72. The van der Waals surface area contributed by atoms with E-state index in [1.54, 1.807) is 0 Å². The molecule has 0 aliphatic heterocycles. The summed E-state index contributed by atoms with van der Waals surface area (Å²) in [5, 5.41) is 8.82. The van der Waals surface area contributed by atoms with Crippen LogP contribution in [-0.4, -0.2) is 17.6 Å². The number of hydrogen-bond acceptors (Lipinski definition) is 2. The van der Waals surface area contributed by atoms with Gasteiger partial charge in [-0.3, -0.25) is 4.79 Å². The smallest absolute Gasteiger partial charge is 0.307 e. The van der Waals surface area contributed by atoms with Crippen LogP contribution in [0.15, 0.2) is 12.1 Å². The minimum atomic E-state index is -1.12. The van der Waals surface area contributed by atoms with Crippen LogP contribution in [0, 0.1) is 23.4 Å². The van der Waals surface area contributed by atoms with Crippen molar-refractivity contribution in [1.29, 1.82) is 0 Å². The predicted molar refractivity (Wildman–Crippen MR) is 59.5 cm³/mol. The molecule has 0 bridgehead atoms. The van der Waals surface area contributed by atoms with Crippen molar-refractivity contribution in [3.05, 3.63) is 35.1 Å². The van der Waals surface area contributed by atoms with Gasteiger partial charge in [-0.2, -0.15) is 0 Å². The largest absolute Gasteiger partial charge is 0.481 e. The second-order valence-electron chi connectivity index (χ2n) is 4.19. The van der Waals surface area contributed by atoms with Crippen LogP contribution in [0.2, 0.25) is 0 Å². The highest BCUT2D eigenvalue weighted by molar-refractivity contribution is 5.70. The van der Waals surface area contributed by atoms with Crippen molar-refractivity contribution in [1.82, 2.24) is 0 Å². The molecule has 0 aromatic heterocycles. The van der Waals surface area contributed by atoms with Crippen LogP contribution in [0.5, 0.6) is 0 Å². The summed E-state index contributed by atoms with van der Waals surface area (Å²) in [6, 6.07) is 1.15. The molecule has 1 rings (SSSR count). The summed E-state index contributed by atoms with van der Waals surface area (Å²) in [6.45, 7) is 1.36. The van der Waals surface area contributed by atoms with Gasteiger partial charge in [0.05, 0.1) is 5.92 Å². The van der Waals surface area contributed by atoms with E-state index in [0.29, 0.717) is 12.1 Å². The Hall–Kier alpha value is -1.56. The van der Waals surface area contributed by atoms with Gasteiger partial charge in [0.2, 0.25) is 0 Å². The number of halogens is 3. The zero-order valence-corrected chi connectivity index (χ0v) is 9.79. The third-order valence-electron chi connectivity index (χ3n) is 2.81. The van der Waals surface area contributed by atoms with E-state index in [9.17, 15) is 18.0 Å². The van der Waals surface area contributed by atoms with E-state index in [1.807, 2.05) is 0 Å². The molecule has 0 amide bonds. The molecule has 18 heavy (non-hydrogen) atoms. The number of aliphatic carboxylic acids is 1. The Balaban J connectivity index is 2.97. The average Bonchev–Trinajstić information content (AvgIpc) is 2.23. The van der Waals surface area contributed by atoms with Crippen LogP contribution < -0.4 is 5.73 Å². The van der Waals surface area contributed by atoms with Gasteiger partial charge >= 0.3 is 5.97 Å². The summed E-state index contributed by atoms with van der Waals surface area (Å²) in [4.78, 5) is 10.8. The van der Waals surface area contributed by atoms with E-state index in [1.165, 1.54) is 6.92 Å². The summed E-state index contributed by atoms with van der Waals surface area (Å²) in [5.41, 5.74) is 4.96. The lowest BCUT2D eigenvalue weighted by molar-refractivity contribution is -0.141. The average molecular weight is 261 g/mol. The molecule has 1 aromatic rings. The Morgan fingerprint density at radius 3 is 2.22 bits per heavy atom. The fourth-order valence-electron chi connectivity index (χ4n) is 1.87. The van der Waals surface area contributed by atoms with Crippen molar-refractivity contribution in [2.24, 2.45) is 11.7 Å². The molecule has 3 nitrogen and oxygen atoms in total. The highest BCUT2D eigenvalue weighted by Crippen LogP contribution is 2.28. The van der Waals surface area contributed by atoms with E-state index in [0.717, 1.165) is 0 Å². The van der Waals surface area contributed by atoms with Gasteiger partial charge in [-0.15, -0.1) is 0 Å². The van der Waals surface area contributed by atoms with Crippen LogP contribution in [0.3, 0.4) is 0 Å². The Bertz CT molecular complexity index is 428. The Morgan fingerprint density at radius 2 is 1.83 bits per heavy atom. The summed E-state index contributed by atoms with van der Waals surface area (Å²) >= 11 is 0. The van der Waals surface area contributed by atoms with Crippen LogP contribution in [0.4, 0.5) is 13.2 Å². The van der Waals surface area contributed by atoms with Crippen LogP contribution >= 0.6 is 0 Å². The highest BCUT2D eigenvalue weighted by Gasteiger charge is 2.24. The molecule has 0 aliphatic rings. The van der Waals surface area contributed by atoms with Crippen LogP contribution in [0.25, 0.3) is 0 Å². The summed E-state index contributed by atoms with van der Waals surface area (Å²) < 4.78 is 39.7. The Morgan fingerprint density at radius 1 is 1.33 bits per heavy atom. The minimum Gasteiger partial charge on any atom is -0.481 e. The van der Waals surface area contributed by atoms with Crippen molar-refractivity contribution >= 4 is 5.97 Å². The van der Waals surface area contributed by atoms with Gasteiger partial charge < -0.3 is 10.8 Å². The van der Waals surface area contributed by atoms with Gasteiger partial charge in [-0.1, -0.05) is 6.92 Å². The van der Waals surface area contributed by atoms with Crippen LogP contribution in [-0.2, 0) is 4.79 Å². The first-order chi connectivity index (χ1) is 8.36. The molecule has 100 valence electrons. The monoisotopic (exact) mass is 261 g/mol. The topological polar surface area (TPSA) is 63.3 Å². The summed E-state index contributed by atoms with van der Waals surface area (Å²) in [5.74, 6) is -5.73. The highest BCUT2D eigenvalue weighted by atomic mass is 19.1. The van der Waals surface area contributed by atoms with E-state index in [2.05, 4.69) is 0 Å². The van der Waals surface area contributed by atoms with Gasteiger partial charge in [0.25, 0.3) is 0 Å². The predicted octanol–water partition coefficient (Wildman–Crippen LogP) is 2.26. The third kappa shape index (κ3) is 3.22. The second kappa shape index (κ2) is 5.86. The lowest BCUT2D eigenvalue weighted by Gasteiger charge is -2.17. The molecule has 6 heteroatoms. The maximum Gasteiger partial charge on any atom is 0.307 e. The molecule has 0 heterocycles. The number of carboxylic acid groups (broad SMARTS) is 1. The number of rotatable bonds is 5. The number of carbonyl (C=O) groups is 1. The zero-order chi connectivity index (χ0) is 13.9. The fourth-order valence-corrected chi connectivity index (χ4v) is 1.87. The van der Waals surface area contributed by atoms with Gasteiger partial charge in [0, 0.05) is 24.2 Å². The number of carboxylic acids is 1. The lowest BCUT2D eigenvalue weighted by atomic mass is 9.89. The normalized spacial score (nSPS) is 14.3. The van der Waals surface area contributed by atoms with Crippen molar-refractivity contribution in [2.75, 3.05) is 6.54 Å². The van der Waals surface area contributed by atoms with Crippen molar-refractivity contribution in [2.45, 2.75) is 19.3 Å². The Labute approximate surface area is 102 Å². The summed E-state index contributed by atoms with van der Waals surface area (Å²) in [7, 11) is 0. The third-order valence-corrected chi connectivity index (χ3v) is 2.81. The maximum absolute atomic E-state index is 13.5. The van der Waals surface area contributed by atoms with Crippen molar-refractivity contribution in [3.8, 4) is 0 Å². The molecule has 0 saturated heterocycles. The van der Waals surface area contributed by atoms with Gasteiger partial charge in [-0.05, 0) is 12.3 Å². The van der Waals surface area contributed by atoms with Gasteiger partial charge in [0.15, 0.2) is 0 Å². The van der Waals surface area contributed by atoms with E-state index < -0.39 is 35.3 Å². The number of nitrogens with two attached hydrogens (primary N) is 1. The zero-order valence-electron chi connectivity index (χ0n) is 9.79. The van der Waals surface area contributed by atoms with Gasteiger partial charge in [0.1, 0.15) is 17.5 Å². The molecule has 0 aliphatic carbocycles. The molecule has 1 aromatic carbocycles. The molecular formula is C12H14F3NO2. The molecule has 0 spiro atoms. The van der Waals surface area contributed by atoms with E-state index in [-0.39, 0.29) is 18.5 Å². The molecule has 0 radical (unpaired) electrons. The number of hydrogen-bond donors (Lipinski definition) is 2. The molecular weight excluding hydrogens is 247 g/mol. The minimum absolute atomic E-state index is 0.00863. The standard InChI is InChI=1S/C12H14F3NO2/c1-6(2-7(5-16)12(17)18)11-9(14)3-8(13)4-10(11)15/h3-4,6-7H,2,5,16H2,1H3,(H,17,18). The maximum atomic E-state index is 13.5. The molecule has 2 unspecified atom stereocenters. The first-order valence-electron chi connectivity index (χ1n) is 5.44. The molecule has 0 fully saturated rings. The molecule has 3 N–H and O–H groups in total. The number of benzene rings is 1. The van der Waals surface area contributed by atoms with Gasteiger partial charge in [-0.25, -0.2) is 13.2 Å². The van der Waals surface area contributed by atoms with Crippen LogP contribution in [0.1, 0.15) is 24.8 Å². The first-order valence-corrected chi connectivity index (χ1v) is 5.44. The molecule has 0 saturated carbocycles. The quantitative estimate of drug-likeness (QED) is 0.854. The van der Waals surface area contributed by atoms with E-state index in [4.69, 9.17) is 10.8 Å². The first kappa shape index (κ1) is 14.5.